The van der Waals surface area contributed by atoms with Gasteiger partial charge in [0.15, 0.2) is 9.84 Å². The highest BCUT2D eigenvalue weighted by Crippen LogP contribution is 2.36. The van der Waals surface area contributed by atoms with Gasteiger partial charge in [-0.05, 0) is 42.9 Å². The van der Waals surface area contributed by atoms with Crippen LogP contribution in [0.5, 0.6) is 0 Å². The number of nitrogens with one attached hydrogen (secondary N) is 2. The Kier molecular flexibility index (Phi) is 9.60. The van der Waals surface area contributed by atoms with E-state index in [0.29, 0.717) is 17.5 Å². The first-order valence-electron chi connectivity index (χ1n) is 12.5. The van der Waals surface area contributed by atoms with E-state index in [0.717, 1.165) is 11.8 Å². The predicted molar refractivity (Wildman–Crippen MR) is 136 cm³/mol. The maximum atomic E-state index is 13.4. The number of amides is 2. The summed E-state index contributed by atoms with van der Waals surface area (Å²) in [6, 6.07) is 4.96. The number of halogens is 5. The van der Waals surface area contributed by atoms with Crippen LogP contribution in [-0.4, -0.2) is 61.4 Å². The van der Waals surface area contributed by atoms with Crippen molar-refractivity contribution in [2.24, 2.45) is 0 Å². The first-order chi connectivity index (χ1) is 18.5. The van der Waals surface area contributed by atoms with Gasteiger partial charge in [-0.15, -0.1) is 0 Å². The van der Waals surface area contributed by atoms with Crippen molar-refractivity contribution in [3.05, 3.63) is 46.1 Å². The molecule has 0 saturated heterocycles. The minimum atomic E-state index is -4.29. The molecule has 15 heteroatoms. The molecule has 1 atom stereocenters. The summed E-state index contributed by atoms with van der Waals surface area (Å²) in [5, 5.41) is 9.77. The van der Waals surface area contributed by atoms with Gasteiger partial charge < -0.3 is 15.4 Å². The van der Waals surface area contributed by atoms with Gasteiger partial charge in [-0.3, -0.25) is 9.59 Å². The van der Waals surface area contributed by atoms with Crippen molar-refractivity contribution >= 4 is 27.5 Å². The number of sulfone groups is 1. The van der Waals surface area contributed by atoms with Gasteiger partial charge in [0.05, 0.1) is 17.8 Å². The Morgan fingerprint density at radius 1 is 1.30 bits per heavy atom. The summed E-state index contributed by atoms with van der Waals surface area (Å²) < 4.78 is 91.6. The number of benzene rings is 1. The molecule has 9 nitrogen and oxygen atoms in total. The van der Waals surface area contributed by atoms with Crippen LogP contribution in [0.15, 0.2) is 18.2 Å². The van der Waals surface area contributed by atoms with E-state index in [1.54, 1.807) is 25.1 Å². The maximum absolute atomic E-state index is 13.4. The smallest absolute Gasteiger partial charge is 0.342 e. The Balaban J connectivity index is 1.95. The van der Waals surface area contributed by atoms with Crippen LogP contribution in [0.3, 0.4) is 0 Å². The number of ether oxygens (including phenoxy) is 1. The van der Waals surface area contributed by atoms with E-state index in [4.69, 9.17) is 0 Å². The standard InChI is InChI=1S/C25H31F5N4O5S/c1-4-16-12-15(8-9-25(28,29)30)6-7-17(16)24(2)13-18-20(22(36)32-24)21(31-19(35)14-40(3,37)38)34(33-18)10-5-11-39-23(26)27/h6-7,12,23H,4-5,8-11,13-14H2,1-3H3,(H,31,35)(H,32,36)/t24-/m1/s1. The van der Waals surface area contributed by atoms with Crippen molar-refractivity contribution in [1.29, 1.82) is 0 Å². The van der Waals surface area contributed by atoms with Gasteiger partial charge in [0.25, 0.3) is 5.91 Å². The Bertz CT molecular complexity index is 1360. The van der Waals surface area contributed by atoms with E-state index in [-0.39, 0.29) is 49.5 Å². The summed E-state index contributed by atoms with van der Waals surface area (Å²) >= 11 is 0. The molecule has 2 N–H and O–H groups in total. The summed E-state index contributed by atoms with van der Waals surface area (Å²) in [4.78, 5) is 25.8. The molecule has 0 bridgehead atoms. The topological polar surface area (TPSA) is 119 Å². The average Bonchev–Trinajstić information content (AvgIpc) is 3.15. The van der Waals surface area contributed by atoms with E-state index in [1.807, 2.05) is 6.92 Å². The Hall–Kier alpha value is -3.07. The molecule has 0 radical (unpaired) electrons. The highest BCUT2D eigenvalue weighted by molar-refractivity contribution is 7.91. The second kappa shape index (κ2) is 12.2. The van der Waals surface area contributed by atoms with Gasteiger partial charge in [-0.1, -0.05) is 25.1 Å². The molecule has 40 heavy (non-hydrogen) atoms. The van der Waals surface area contributed by atoms with Gasteiger partial charge in [0.1, 0.15) is 17.1 Å². The lowest BCUT2D eigenvalue weighted by atomic mass is 9.79. The van der Waals surface area contributed by atoms with E-state index in [1.165, 1.54) is 4.68 Å². The monoisotopic (exact) mass is 594 g/mol. The molecule has 0 aliphatic carbocycles. The lowest BCUT2D eigenvalue weighted by Gasteiger charge is -2.36. The molecule has 0 spiro atoms. The summed E-state index contributed by atoms with van der Waals surface area (Å²) in [6.45, 7) is 0.265. The zero-order valence-electron chi connectivity index (χ0n) is 22.2. The number of aromatic nitrogens is 2. The van der Waals surface area contributed by atoms with E-state index in [2.05, 4.69) is 20.5 Å². The molecule has 0 fully saturated rings. The molecule has 2 amide bonds. The molecule has 0 unspecified atom stereocenters. The van der Waals surface area contributed by atoms with Crippen molar-refractivity contribution in [2.45, 2.75) is 70.8 Å². The van der Waals surface area contributed by atoms with Crippen molar-refractivity contribution in [2.75, 3.05) is 23.9 Å². The fourth-order valence-electron chi connectivity index (χ4n) is 4.73. The number of hydrogen-bond donors (Lipinski definition) is 2. The first-order valence-corrected chi connectivity index (χ1v) is 14.6. The molecular formula is C25H31F5N4O5S. The van der Waals surface area contributed by atoms with E-state index < -0.39 is 52.2 Å². The largest absolute Gasteiger partial charge is 0.389 e. The van der Waals surface area contributed by atoms with Crippen LogP contribution in [0.1, 0.15) is 59.4 Å². The summed E-state index contributed by atoms with van der Waals surface area (Å²) in [7, 11) is -3.69. The molecular weight excluding hydrogens is 563 g/mol. The van der Waals surface area contributed by atoms with Crippen LogP contribution in [0.25, 0.3) is 0 Å². The third-order valence-electron chi connectivity index (χ3n) is 6.41. The lowest BCUT2D eigenvalue weighted by Crippen LogP contribution is -2.49. The molecule has 1 aliphatic rings. The SMILES string of the molecule is CCc1cc(CCC(F)(F)F)ccc1[C@@]1(C)Cc2nn(CCCOC(F)F)c(NC(=O)CS(C)(=O)=O)c2C(=O)N1. The number of aryl methyl sites for hydroxylation is 3. The van der Waals surface area contributed by atoms with Gasteiger partial charge >= 0.3 is 12.8 Å². The van der Waals surface area contributed by atoms with E-state index >= 15 is 0 Å². The van der Waals surface area contributed by atoms with Gasteiger partial charge in [0.2, 0.25) is 5.91 Å². The number of anilines is 1. The summed E-state index contributed by atoms with van der Waals surface area (Å²) in [5.41, 5.74) is 1.22. The summed E-state index contributed by atoms with van der Waals surface area (Å²) in [5.74, 6) is -2.43. The predicted octanol–water partition coefficient (Wildman–Crippen LogP) is 3.75. The van der Waals surface area contributed by atoms with Gasteiger partial charge in [-0.2, -0.15) is 27.1 Å². The number of fused-ring (bicyclic) bond motifs is 1. The molecule has 1 aromatic heterocycles. The van der Waals surface area contributed by atoms with Crippen molar-refractivity contribution in [3.8, 4) is 0 Å². The van der Waals surface area contributed by atoms with Crippen molar-refractivity contribution in [1.82, 2.24) is 15.1 Å². The minimum absolute atomic E-state index is 0.00829. The van der Waals surface area contributed by atoms with Crippen LogP contribution in [0.2, 0.25) is 0 Å². The number of rotatable bonds is 12. The number of hydrogen-bond acceptors (Lipinski definition) is 6. The van der Waals surface area contributed by atoms with Crippen LogP contribution >= 0.6 is 0 Å². The van der Waals surface area contributed by atoms with E-state index in [9.17, 15) is 40.0 Å². The van der Waals surface area contributed by atoms with Crippen LogP contribution in [-0.2, 0) is 50.7 Å². The summed E-state index contributed by atoms with van der Waals surface area (Å²) in [6.07, 6.45) is -3.88. The second-order valence-electron chi connectivity index (χ2n) is 9.92. The number of carbonyl (C=O) groups is 2. The molecule has 2 heterocycles. The van der Waals surface area contributed by atoms with Gasteiger partial charge in [0, 0.05) is 25.6 Å². The normalized spacial score (nSPS) is 17.6. The highest BCUT2D eigenvalue weighted by Gasteiger charge is 2.41. The first kappa shape index (κ1) is 31.5. The third-order valence-corrected chi connectivity index (χ3v) is 7.20. The molecule has 0 saturated carbocycles. The zero-order chi connectivity index (χ0) is 29.9. The molecule has 1 aromatic carbocycles. The quantitative estimate of drug-likeness (QED) is 0.286. The van der Waals surface area contributed by atoms with Crippen LogP contribution < -0.4 is 10.6 Å². The number of nitrogens with zero attached hydrogens (tertiary/aromatic N) is 2. The van der Waals surface area contributed by atoms with Gasteiger partial charge in [-0.25, -0.2) is 13.1 Å². The lowest BCUT2D eigenvalue weighted by molar-refractivity contribution is -0.134. The van der Waals surface area contributed by atoms with Crippen molar-refractivity contribution < 1.29 is 44.7 Å². The number of carbonyl (C=O) groups excluding carboxylic acids is 2. The number of alkyl halides is 5. The second-order valence-corrected chi connectivity index (χ2v) is 12.1. The molecule has 1 aliphatic heterocycles. The minimum Gasteiger partial charge on any atom is -0.342 e. The van der Waals surface area contributed by atoms with Crippen LogP contribution in [0.4, 0.5) is 27.8 Å². The Labute approximate surface area is 228 Å². The average molecular weight is 595 g/mol. The fourth-order valence-corrected chi connectivity index (χ4v) is 5.28. The van der Waals surface area contributed by atoms with Crippen molar-refractivity contribution in [3.63, 3.8) is 0 Å². The molecule has 3 rings (SSSR count). The Morgan fingerprint density at radius 3 is 2.60 bits per heavy atom. The van der Waals surface area contributed by atoms with Crippen LogP contribution in [0, 0.1) is 0 Å². The Morgan fingerprint density at radius 2 is 2.00 bits per heavy atom. The zero-order valence-corrected chi connectivity index (χ0v) is 23.0. The highest BCUT2D eigenvalue weighted by atomic mass is 32.2. The molecule has 2 aromatic rings. The molecule has 222 valence electrons. The third kappa shape index (κ3) is 8.22. The maximum Gasteiger partial charge on any atom is 0.389 e. The fraction of sp³-hybridized carbons (Fsp3) is 0.560.